The molecule has 0 N–H and O–H groups in total. The summed E-state index contributed by atoms with van der Waals surface area (Å²) in [4.78, 5) is 38.4. The number of carbonyl (C=O) groups excluding carboxylic acids is 3. The molecular formula is C34H50O5. The maximum atomic E-state index is 13.3. The molecule has 5 heteroatoms. The second kappa shape index (κ2) is 9.44. The van der Waals surface area contributed by atoms with Gasteiger partial charge in [-0.25, -0.2) is 0 Å². The lowest BCUT2D eigenvalue weighted by atomic mass is 9.43. The summed E-state index contributed by atoms with van der Waals surface area (Å²) in [7, 11) is 0. The van der Waals surface area contributed by atoms with Crippen LogP contribution >= 0.6 is 0 Å². The van der Waals surface area contributed by atoms with Crippen molar-refractivity contribution in [1.29, 1.82) is 0 Å². The average molecular weight is 539 g/mol. The van der Waals surface area contributed by atoms with E-state index < -0.39 is 0 Å². The van der Waals surface area contributed by atoms with Crippen LogP contribution in [0.4, 0.5) is 0 Å². The Morgan fingerprint density at radius 1 is 0.949 bits per heavy atom. The molecule has 39 heavy (non-hydrogen) atoms. The third-order valence-electron chi connectivity index (χ3n) is 13.4. The third kappa shape index (κ3) is 4.02. The first-order chi connectivity index (χ1) is 18.4. The van der Waals surface area contributed by atoms with Gasteiger partial charge in [0.05, 0.1) is 11.8 Å². The van der Waals surface area contributed by atoms with Gasteiger partial charge in [-0.2, -0.15) is 0 Å². The van der Waals surface area contributed by atoms with Gasteiger partial charge in [0.15, 0.2) is 0 Å². The van der Waals surface area contributed by atoms with Gasteiger partial charge in [-0.1, -0.05) is 65.5 Å². The molecule has 1 saturated heterocycles. The molecule has 3 saturated carbocycles. The smallest absolute Gasteiger partial charge is 0.318 e. The number of hydrogen-bond donors (Lipinski definition) is 0. The van der Waals surface area contributed by atoms with Gasteiger partial charge < -0.3 is 9.47 Å². The minimum atomic E-state index is -0.320. The molecule has 12 atom stereocenters. The van der Waals surface area contributed by atoms with E-state index in [1.54, 1.807) is 11.1 Å². The Morgan fingerprint density at radius 3 is 2.31 bits per heavy atom. The van der Waals surface area contributed by atoms with Crippen LogP contribution in [0.15, 0.2) is 11.1 Å². The number of hydrogen-bond acceptors (Lipinski definition) is 5. The number of allylic oxidation sites excluding steroid dienone is 2. The summed E-state index contributed by atoms with van der Waals surface area (Å²) in [5.41, 5.74) is 3.45. The lowest BCUT2D eigenvalue weighted by Gasteiger charge is -2.61. The summed E-state index contributed by atoms with van der Waals surface area (Å²) in [5.74, 6) is 2.35. The van der Waals surface area contributed by atoms with Crippen LogP contribution in [0, 0.1) is 70.0 Å². The van der Waals surface area contributed by atoms with Crippen molar-refractivity contribution >= 4 is 17.9 Å². The van der Waals surface area contributed by atoms with Crippen LogP contribution in [-0.4, -0.2) is 24.0 Å². The number of rotatable bonds is 6. The summed E-state index contributed by atoms with van der Waals surface area (Å²) in [6.45, 7) is 16.0. The Balaban J connectivity index is 1.39. The number of cyclic esters (lactones) is 2. The van der Waals surface area contributed by atoms with Crippen molar-refractivity contribution in [3.8, 4) is 0 Å². The molecule has 216 valence electrons. The zero-order valence-corrected chi connectivity index (χ0v) is 25.3. The highest BCUT2D eigenvalue weighted by Gasteiger charge is 2.68. The number of ether oxygens (including phenoxy) is 2. The molecule has 0 radical (unpaired) electrons. The maximum absolute atomic E-state index is 13.3. The zero-order valence-electron chi connectivity index (χ0n) is 25.3. The Bertz CT molecular complexity index is 1090. The highest BCUT2D eigenvalue weighted by molar-refractivity contribution is 5.98. The summed E-state index contributed by atoms with van der Waals surface area (Å²) >= 11 is 0. The monoisotopic (exact) mass is 538 g/mol. The Hall–Kier alpha value is -1.65. The van der Waals surface area contributed by atoms with Crippen molar-refractivity contribution in [3.63, 3.8) is 0 Å². The van der Waals surface area contributed by atoms with Crippen LogP contribution in [0.1, 0.15) is 106 Å². The molecule has 5 nitrogen and oxygen atoms in total. The molecule has 0 amide bonds. The molecule has 4 fully saturated rings. The van der Waals surface area contributed by atoms with Gasteiger partial charge in [0, 0.05) is 6.92 Å². The fourth-order valence-electron chi connectivity index (χ4n) is 11.0. The second-order valence-corrected chi connectivity index (χ2v) is 15.4. The first-order valence-corrected chi connectivity index (χ1v) is 16.0. The standard InChI is InChI=1S/C34H50O5/c1-17(2)18(3)8-9-19(4)26-16-24-29-28(31(36)39-32(29)37)23-15-21-14-22(38-20(5)35)10-12-33(21,6)25-11-13-34(26,7)30(24)27(23)25/h17-19,21-26,28-29H,8-16H2,1-7H3/t18-,19+,21+,22?,23+,24+,25?,26?,28?,29?,33?,34?/m0/s1. The molecule has 1 aliphatic heterocycles. The van der Waals surface area contributed by atoms with E-state index >= 15 is 0 Å². The molecule has 6 aliphatic rings. The molecule has 0 bridgehead atoms. The summed E-state index contributed by atoms with van der Waals surface area (Å²) in [5, 5.41) is 0. The van der Waals surface area contributed by atoms with Crippen molar-refractivity contribution in [2.24, 2.45) is 70.0 Å². The molecule has 1 heterocycles. The Morgan fingerprint density at radius 2 is 1.64 bits per heavy atom. The van der Waals surface area contributed by atoms with Crippen LogP contribution in [0.2, 0.25) is 0 Å². The van der Waals surface area contributed by atoms with Gasteiger partial charge in [-0.15, -0.1) is 0 Å². The van der Waals surface area contributed by atoms with Crippen LogP contribution in [0.25, 0.3) is 0 Å². The van der Waals surface area contributed by atoms with E-state index in [1.165, 1.54) is 32.6 Å². The van der Waals surface area contributed by atoms with E-state index in [1.807, 2.05) is 0 Å². The Labute approximate surface area is 235 Å². The SMILES string of the molecule is CC(=O)OC1CCC2(C)C3CCC4(C)C5=C3[C@@H](C[C@H]2C1)C1C(=O)OC(=O)C1[C@H]5CC4[C@H](C)CC[C@H](C)C(C)C. The highest BCUT2D eigenvalue weighted by Crippen LogP contribution is 2.73. The van der Waals surface area contributed by atoms with Gasteiger partial charge >= 0.3 is 17.9 Å². The zero-order chi connectivity index (χ0) is 28.0. The predicted octanol–water partition coefficient (Wildman–Crippen LogP) is 7.13. The molecule has 6 rings (SSSR count). The molecule has 5 aliphatic carbocycles. The molecule has 0 aromatic carbocycles. The summed E-state index contributed by atoms with van der Waals surface area (Å²) in [6, 6.07) is 0. The number of esters is 3. The first kappa shape index (κ1) is 27.5. The van der Waals surface area contributed by atoms with Crippen LogP contribution < -0.4 is 0 Å². The maximum Gasteiger partial charge on any atom is 0.318 e. The quantitative estimate of drug-likeness (QED) is 0.204. The third-order valence-corrected chi connectivity index (χ3v) is 13.4. The molecular weight excluding hydrogens is 488 g/mol. The van der Waals surface area contributed by atoms with Crippen molar-refractivity contribution in [2.75, 3.05) is 0 Å². The van der Waals surface area contributed by atoms with Gasteiger partial charge in [-0.3, -0.25) is 14.4 Å². The first-order valence-electron chi connectivity index (χ1n) is 16.0. The highest BCUT2D eigenvalue weighted by atomic mass is 16.6. The number of carbonyl (C=O) groups is 3. The Kier molecular flexibility index (Phi) is 6.66. The van der Waals surface area contributed by atoms with Crippen LogP contribution in [-0.2, 0) is 23.9 Å². The van der Waals surface area contributed by atoms with Gasteiger partial charge in [-0.05, 0) is 103 Å². The molecule has 7 unspecified atom stereocenters. The minimum Gasteiger partial charge on any atom is -0.463 e. The summed E-state index contributed by atoms with van der Waals surface area (Å²) < 4.78 is 11.2. The van der Waals surface area contributed by atoms with Gasteiger partial charge in [0.25, 0.3) is 0 Å². The summed E-state index contributed by atoms with van der Waals surface area (Å²) in [6.07, 6.45) is 9.64. The number of fused-ring (bicyclic) bond motifs is 5. The lowest BCUT2D eigenvalue weighted by Crippen LogP contribution is -2.55. The molecule has 0 aromatic heterocycles. The fourth-order valence-corrected chi connectivity index (χ4v) is 11.0. The minimum absolute atomic E-state index is 0.0297. The van der Waals surface area contributed by atoms with Crippen LogP contribution in [0.3, 0.4) is 0 Å². The van der Waals surface area contributed by atoms with Gasteiger partial charge in [0.2, 0.25) is 0 Å². The average Bonchev–Trinajstić information content (AvgIpc) is 3.34. The van der Waals surface area contributed by atoms with E-state index in [0.717, 1.165) is 38.0 Å². The fraction of sp³-hybridized carbons (Fsp3) is 0.853. The van der Waals surface area contributed by atoms with Crippen molar-refractivity contribution in [1.82, 2.24) is 0 Å². The molecule has 0 spiro atoms. The van der Waals surface area contributed by atoms with E-state index in [-0.39, 0.29) is 58.5 Å². The normalized spacial score (nSPS) is 45.8. The lowest BCUT2D eigenvalue weighted by molar-refractivity contribution is -0.154. The topological polar surface area (TPSA) is 69.7 Å². The predicted molar refractivity (Wildman–Crippen MR) is 149 cm³/mol. The van der Waals surface area contributed by atoms with E-state index in [2.05, 4.69) is 41.5 Å². The van der Waals surface area contributed by atoms with Crippen molar-refractivity contribution in [2.45, 2.75) is 112 Å². The van der Waals surface area contributed by atoms with Crippen molar-refractivity contribution in [3.05, 3.63) is 11.1 Å². The van der Waals surface area contributed by atoms with Gasteiger partial charge in [0.1, 0.15) is 6.10 Å². The molecule has 0 aromatic rings. The van der Waals surface area contributed by atoms with Crippen molar-refractivity contribution < 1.29 is 23.9 Å². The van der Waals surface area contributed by atoms with E-state index in [9.17, 15) is 14.4 Å². The van der Waals surface area contributed by atoms with E-state index in [4.69, 9.17) is 9.47 Å². The second-order valence-electron chi connectivity index (χ2n) is 15.4. The van der Waals surface area contributed by atoms with E-state index in [0.29, 0.717) is 29.6 Å². The largest absolute Gasteiger partial charge is 0.463 e. The van der Waals surface area contributed by atoms with Crippen LogP contribution in [0.5, 0.6) is 0 Å².